The number of ether oxygens (including phenoxy) is 1. The Labute approximate surface area is 127 Å². The smallest absolute Gasteiger partial charge is 0.461 e. The predicted octanol–water partition coefficient (Wildman–Crippen LogP) is 2.18. The normalized spacial score (nSPS) is 20.1. The lowest BCUT2D eigenvalue weighted by molar-refractivity contribution is 0.00578. The van der Waals surface area contributed by atoms with Crippen LogP contribution in [0.5, 0.6) is 6.01 Å². The predicted molar refractivity (Wildman–Crippen MR) is 83.0 cm³/mol. The average Bonchev–Trinajstić information content (AvgIpc) is 2.44. The number of nitrogens with zero attached hydrogens (tertiary/aromatic N) is 2. The largest absolute Gasteiger partial charge is 0.498 e. The fourth-order valence-electron chi connectivity index (χ4n) is 2.26. The molecule has 5 nitrogen and oxygen atoms in total. The average molecular weight is 292 g/mol. The summed E-state index contributed by atoms with van der Waals surface area (Å²) in [5.41, 5.74) is 1.81. The molecule has 1 aromatic heterocycles. The zero-order valence-corrected chi connectivity index (χ0v) is 14.3. The molecule has 0 aromatic carbocycles. The van der Waals surface area contributed by atoms with Crippen molar-refractivity contribution >= 4 is 12.6 Å². The zero-order chi connectivity index (χ0) is 16.0. The molecule has 0 aliphatic carbocycles. The molecule has 1 saturated heterocycles. The van der Waals surface area contributed by atoms with E-state index in [2.05, 4.69) is 9.97 Å². The summed E-state index contributed by atoms with van der Waals surface area (Å²) < 4.78 is 17.8. The number of hydrogen-bond donors (Lipinski definition) is 0. The maximum atomic E-state index is 6.09. The van der Waals surface area contributed by atoms with Crippen LogP contribution in [0.4, 0.5) is 0 Å². The molecule has 0 radical (unpaired) electrons. The molecule has 0 amide bonds. The Morgan fingerprint density at radius 3 is 1.76 bits per heavy atom. The van der Waals surface area contributed by atoms with Crippen molar-refractivity contribution in [2.75, 3.05) is 0 Å². The fraction of sp³-hybridized carbons (Fsp3) is 0.733. The number of aromatic nitrogens is 2. The van der Waals surface area contributed by atoms with Gasteiger partial charge in [0.25, 0.3) is 0 Å². The van der Waals surface area contributed by atoms with Gasteiger partial charge in [0.15, 0.2) is 0 Å². The minimum absolute atomic E-state index is 0.0477. The van der Waals surface area contributed by atoms with E-state index < -0.39 is 7.12 Å². The van der Waals surface area contributed by atoms with Gasteiger partial charge >= 0.3 is 13.1 Å². The van der Waals surface area contributed by atoms with Crippen LogP contribution in [0.15, 0.2) is 0 Å². The molecular formula is C15H25BN2O3. The summed E-state index contributed by atoms with van der Waals surface area (Å²) in [7, 11) is -0.442. The first-order valence-electron chi connectivity index (χ1n) is 7.41. The Hall–Kier alpha value is -1.14. The Morgan fingerprint density at radius 2 is 1.38 bits per heavy atom. The lowest BCUT2D eigenvalue weighted by Gasteiger charge is -2.32. The molecule has 0 N–H and O–H groups in total. The minimum atomic E-state index is -0.442. The molecule has 2 heterocycles. The van der Waals surface area contributed by atoms with E-state index in [0.717, 1.165) is 16.9 Å². The number of hydrogen-bond acceptors (Lipinski definition) is 5. The molecule has 0 spiro atoms. The van der Waals surface area contributed by atoms with E-state index in [-0.39, 0.29) is 17.3 Å². The van der Waals surface area contributed by atoms with E-state index in [9.17, 15) is 0 Å². The lowest BCUT2D eigenvalue weighted by Crippen LogP contribution is -2.41. The van der Waals surface area contributed by atoms with Gasteiger partial charge in [-0.3, -0.25) is 0 Å². The first-order valence-corrected chi connectivity index (χ1v) is 7.41. The van der Waals surface area contributed by atoms with Gasteiger partial charge in [0, 0.05) is 16.9 Å². The molecular weight excluding hydrogens is 267 g/mol. The van der Waals surface area contributed by atoms with E-state index in [4.69, 9.17) is 14.0 Å². The van der Waals surface area contributed by atoms with E-state index in [1.54, 1.807) is 0 Å². The first kappa shape index (κ1) is 16.2. The van der Waals surface area contributed by atoms with Crippen molar-refractivity contribution in [3.63, 3.8) is 0 Å². The fourth-order valence-corrected chi connectivity index (χ4v) is 2.26. The monoisotopic (exact) mass is 292 g/mol. The summed E-state index contributed by atoms with van der Waals surface area (Å²) >= 11 is 0. The Bertz CT molecular complexity index is 505. The van der Waals surface area contributed by atoms with Gasteiger partial charge in [-0.25, -0.2) is 9.97 Å². The van der Waals surface area contributed by atoms with Gasteiger partial charge in [-0.05, 0) is 55.4 Å². The van der Waals surface area contributed by atoms with Crippen LogP contribution in [0.1, 0.15) is 52.9 Å². The summed E-state index contributed by atoms with van der Waals surface area (Å²) in [6.07, 6.45) is 0.0477. The van der Waals surface area contributed by atoms with Crippen molar-refractivity contribution in [3.05, 3.63) is 11.4 Å². The molecule has 1 aliphatic rings. The summed E-state index contributed by atoms with van der Waals surface area (Å²) in [5, 5.41) is 0. The molecule has 0 bridgehead atoms. The highest BCUT2D eigenvalue weighted by atomic mass is 16.7. The van der Waals surface area contributed by atoms with Gasteiger partial charge in [-0.1, -0.05) is 0 Å². The first-order chi connectivity index (χ1) is 9.53. The van der Waals surface area contributed by atoms with E-state index in [1.165, 1.54) is 0 Å². The van der Waals surface area contributed by atoms with Gasteiger partial charge in [0.05, 0.1) is 17.3 Å². The molecule has 6 heteroatoms. The number of aryl methyl sites for hydroxylation is 2. The second-order valence-corrected chi connectivity index (χ2v) is 6.85. The highest BCUT2D eigenvalue weighted by molar-refractivity contribution is 6.63. The van der Waals surface area contributed by atoms with Crippen molar-refractivity contribution in [1.82, 2.24) is 9.97 Å². The molecule has 1 fully saturated rings. The molecule has 1 aliphatic heterocycles. The van der Waals surface area contributed by atoms with Crippen LogP contribution in [-0.4, -0.2) is 34.4 Å². The zero-order valence-electron chi connectivity index (χ0n) is 14.3. The van der Waals surface area contributed by atoms with Gasteiger partial charge < -0.3 is 14.0 Å². The van der Waals surface area contributed by atoms with Crippen LogP contribution < -0.4 is 10.2 Å². The van der Waals surface area contributed by atoms with Crippen molar-refractivity contribution in [2.45, 2.75) is 72.7 Å². The molecule has 0 atom stereocenters. The maximum Gasteiger partial charge on any atom is 0.498 e. The highest BCUT2D eigenvalue weighted by Crippen LogP contribution is 2.36. The molecule has 1 aromatic rings. The molecule has 0 unspecified atom stereocenters. The van der Waals surface area contributed by atoms with Gasteiger partial charge in [-0.2, -0.15) is 0 Å². The van der Waals surface area contributed by atoms with Gasteiger partial charge in [-0.15, -0.1) is 0 Å². The molecule has 116 valence electrons. The maximum absolute atomic E-state index is 6.09. The van der Waals surface area contributed by atoms with Crippen LogP contribution in [0, 0.1) is 13.8 Å². The minimum Gasteiger partial charge on any atom is -0.461 e. The van der Waals surface area contributed by atoms with Crippen LogP contribution in [-0.2, 0) is 9.31 Å². The highest BCUT2D eigenvalue weighted by Gasteiger charge is 2.52. The lowest BCUT2D eigenvalue weighted by atomic mass is 9.77. The second-order valence-electron chi connectivity index (χ2n) is 6.85. The second kappa shape index (κ2) is 5.25. The topological polar surface area (TPSA) is 53.5 Å². The van der Waals surface area contributed by atoms with E-state index in [1.807, 2.05) is 55.4 Å². The quantitative estimate of drug-likeness (QED) is 0.799. The molecule has 0 saturated carbocycles. The molecule has 2 rings (SSSR count). The number of rotatable bonds is 3. The third-order valence-corrected chi connectivity index (χ3v) is 4.14. The van der Waals surface area contributed by atoms with Gasteiger partial charge in [0.2, 0.25) is 0 Å². The standard InChI is InChI=1S/C15H25BN2O3/c1-9(2)19-13-17-10(3)12(11(4)18-13)16-20-14(5,6)15(7,8)21-16/h9H,1-8H3. The van der Waals surface area contributed by atoms with E-state index >= 15 is 0 Å². The Balaban J connectivity index is 2.34. The van der Waals surface area contributed by atoms with Crippen molar-refractivity contribution in [2.24, 2.45) is 0 Å². The summed E-state index contributed by atoms with van der Waals surface area (Å²) in [6, 6.07) is 0.403. The van der Waals surface area contributed by atoms with Crippen LogP contribution in [0.2, 0.25) is 0 Å². The van der Waals surface area contributed by atoms with Crippen LogP contribution >= 0.6 is 0 Å². The summed E-state index contributed by atoms with van der Waals surface area (Å²) in [6.45, 7) is 15.9. The summed E-state index contributed by atoms with van der Waals surface area (Å²) in [4.78, 5) is 8.84. The van der Waals surface area contributed by atoms with E-state index in [0.29, 0.717) is 6.01 Å². The Kier molecular flexibility index (Phi) is 4.06. The molecule has 21 heavy (non-hydrogen) atoms. The van der Waals surface area contributed by atoms with Crippen molar-refractivity contribution < 1.29 is 14.0 Å². The van der Waals surface area contributed by atoms with Crippen LogP contribution in [0.3, 0.4) is 0 Å². The van der Waals surface area contributed by atoms with Crippen molar-refractivity contribution in [3.8, 4) is 6.01 Å². The van der Waals surface area contributed by atoms with Crippen LogP contribution in [0.25, 0.3) is 0 Å². The third kappa shape index (κ3) is 3.06. The van der Waals surface area contributed by atoms with Crippen molar-refractivity contribution in [1.29, 1.82) is 0 Å². The Morgan fingerprint density at radius 1 is 0.952 bits per heavy atom. The van der Waals surface area contributed by atoms with Gasteiger partial charge in [0.1, 0.15) is 0 Å². The summed E-state index contributed by atoms with van der Waals surface area (Å²) in [5.74, 6) is 0. The third-order valence-electron chi connectivity index (χ3n) is 4.14. The SMILES string of the molecule is Cc1nc(OC(C)C)nc(C)c1B1OC(C)(C)C(C)(C)O1.